The van der Waals surface area contributed by atoms with Gasteiger partial charge in [0.05, 0.1) is 6.61 Å². The molecule has 26 heavy (non-hydrogen) atoms. The van der Waals surface area contributed by atoms with Crippen LogP contribution in [0.2, 0.25) is 0 Å². The molecule has 0 unspecified atom stereocenters. The number of carbonyl (C=O) groups is 1. The molecule has 0 amide bonds. The molecular formula is C23H22O3. The number of rotatable bonds is 7. The molecule has 0 aliphatic carbocycles. The topological polar surface area (TPSA) is 35.5 Å². The third-order valence-electron chi connectivity index (χ3n) is 4.05. The second-order valence-corrected chi connectivity index (χ2v) is 5.94. The lowest BCUT2D eigenvalue weighted by Crippen LogP contribution is -2.09. The van der Waals surface area contributed by atoms with Crippen LogP contribution in [0.1, 0.15) is 18.9 Å². The molecular weight excluding hydrogens is 324 g/mol. The molecule has 0 saturated carbocycles. The van der Waals surface area contributed by atoms with Crippen LogP contribution >= 0.6 is 0 Å². The highest BCUT2D eigenvalue weighted by atomic mass is 16.5. The molecule has 0 atom stereocenters. The van der Waals surface area contributed by atoms with Gasteiger partial charge in [-0.3, -0.25) is 4.79 Å². The molecule has 0 bridgehead atoms. The Morgan fingerprint density at radius 1 is 0.769 bits per heavy atom. The summed E-state index contributed by atoms with van der Waals surface area (Å²) in [4.78, 5) is 12.1. The second kappa shape index (κ2) is 8.86. The van der Waals surface area contributed by atoms with Crippen molar-refractivity contribution in [3.63, 3.8) is 0 Å². The number of ether oxygens (including phenoxy) is 2. The minimum Gasteiger partial charge on any atom is -0.494 e. The molecule has 0 N–H and O–H groups in total. The molecule has 0 saturated heterocycles. The number of aryl methyl sites for hydroxylation is 1. The van der Waals surface area contributed by atoms with E-state index in [1.807, 2.05) is 73.7 Å². The summed E-state index contributed by atoms with van der Waals surface area (Å²) in [6, 6.07) is 25.5. The summed E-state index contributed by atoms with van der Waals surface area (Å²) in [5, 5.41) is 0. The van der Waals surface area contributed by atoms with E-state index in [2.05, 4.69) is 12.1 Å². The Labute approximate surface area is 154 Å². The second-order valence-electron chi connectivity index (χ2n) is 5.94. The molecule has 0 aliphatic heterocycles. The number of esters is 1. The van der Waals surface area contributed by atoms with Crippen LogP contribution in [0.25, 0.3) is 11.1 Å². The van der Waals surface area contributed by atoms with Gasteiger partial charge < -0.3 is 9.47 Å². The van der Waals surface area contributed by atoms with Crippen molar-refractivity contribution in [1.29, 1.82) is 0 Å². The van der Waals surface area contributed by atoms with Gasteiger partial charge in [0.2, 0.25) is 0 Å². The first-order chi connectivity index (χ1) is 12.7. The first-order valence-corrected chi connectivity index (χ1v) is 8.82. The summed E-state index contributed by atoms with van der Waals surface area (Å²) < 4.78 is 10.8. The van der Waals surface area contributed by atoms with Gasteiger partial charge in [0.25, 0.3) is 0 Å². The standard InChI is InChI=1S/C23H22O3/c1-2-25-21-13-8-18(9-14-21)10-17-23(24)26-22-15-11-20(12-16-22)19-6-4-3-5-7-19/h3-9,11-16H,2,10,17H2,1H3. The lowest BCUT2D eigenvalue weighted by atomic mass is 10.1. The van der Waals surface area contributed by atoms with Crippen LogP contribution in [-0.4, -0.2) is 12.6 Å². The van der Waals surface area contributed by atoms with Crippen LogP contribution in [0.5, 0.6) is 11.5 Å². The Kier molecular flexibility index (Phi) is 6.05. The molecule has 3 rings (SSSR count). The zero-order valence-electron chi connectivity index (χ0n) is 14.9. The fourth-order valence-electron chi connectivity index (χ4n) is 2.69. The molecule has 3 aromatic carbocycles. The maximum absolute atomic E-state index is 12.1. The summed E-state index contributed by atoms with van der Waals surface area (Å²) in [5.74, 6) is 1.19. The summed E-state index contributed by atoms with van der Waals surface area (Å²) in [6.45, 7) is 2.60. The Morgan fingerprint density at radius 2 is 1.38 bits per heavy atom. The Bertz CT molecular complexity index is 822. The summed E-state index contributed by atoms with van der Waals surface area (Å²) in [5.41, 5.74) is 3.32. The van der Waals surface area contributed by atoms with E-state index < -0.39 is 0 Å². The van der Waals surface area contributed by atoms with Crippen molar-refractivity contribution in [2.75, 3.05) is 6.61 Å². The number of carbonyl (C=O) groups excluding carboxylic acids is 1. The molecule has 0 fully saturated rings. The monoisotopic (exact) mass is 346 g/mol. The quantitative estimate of drug-likeness (QED) is 0.431. The van der Waals surface area contributed by atoms with E-state index in [1.165, 1.54) is 0 Å². The lowest BCUT2D eigenvalue weighted by molar-refractivity contribution is -0.134. The Hall–Kier alpha value is -3.07. The number of hydrogen-bond acceptors (Lipinski definition) is 3. The van der Waals surface area contributed by atoms with Crippen LogP contribution in [0.4, 0.5) is 0 Å². The first kappa shape index (κ1) is 17.7. The highest BCUT2D eigenvalue weighted by molar-refractivity contribution is 5.73. The maximum Gasteiger partial charge on any atom is 0.311 e. The van der Waals surface area contributed by atoms with Crippen LogP contribution < -0.4 is 9.47 Å². The highest BCUT2D eigenvalue weighted by Gasteiger charge is 2.06. The average Bonchev–Trinajstić information content (AvgIpc) is 2.69. The molecule has 0 aromatic heterocycles. The molecule has 0 heterocycles. The largest absolute Gasteiger partial charge is 0.494 e. The van der Waals surface area contributed by atoms with E-state index in [0.29, 0.717) is 25.2 Å². The first-order valence-electron chi connectivity index (χ1n) is 8.82. The molecule has 0 spiro atoms. The minimum atomic E-state index is -0.230. The minimum absolute atomic E-state index is 0.230. The van der Waals surface area contributed by atoms with Crippen LogP contribution in [0.15, 0.2) is 78.9 Å². The van der Waals surface area contributed by atoms with Crippen molar-refractivity contribution in [1.82, 2.24) is 0 Å². The highest BCUT2D eigenvalue weighted by Crippen LogP contribution is 2.22. The van der Waals surface area contributed by atoms with Crippen molar-refractivity contribution in [3.8, 4) is 22.6 Å². The van der Waals surface area contributed by atoms with Crippen LogP contribution in [0.3, 0.4) is 0 Å². The third-order valence-corrected chi connectivity index (χ3v) is 4.05. The van der Waals surface area contributed by atoms with Gasteiger partial charge >= 0.3 is 5.97 Å². The average molecular weight is 346 g/mol. The fraction of sp³-hybridized carbons (Fsp3) is 0.174. The molecule has 3 heteroatoms. The molecule has 3 aromatic rings. The van der Waals surface area contributed by atoms with E-state index in [4.69, 9.17) is 9.47 Å². The molecule has 132 valence electrons. The zero-order valence-corrected chi connectivity index (χ0v) is 14.9. The summed E-state index contributed by atoms with van der Waals surface area (Å²) in [7, 11) is 0. The van der Waals surface area contributed by atoms with Gasteiger partial charge in [-0.25, -0.2) is 0 Å². The van der Waals surface area contributed by atoms with Crippen molar-refractivity contribution >= 4 is 5.97 Å². The van der Waals surface area contributed by atoms with Crippen LogP contribution in [0, 0.1) is 0 Å². The van der Waals surface area contributed by atoms with Crippen molar-refractivity contribution in [2.45, 2.75) is 19.8 Å². The van der Waals surface area contributed by atoms with Gasteiger partial charge in [0.15, 0.2) is 0 Å². The van der Waals surface area contributed by atoms with Gasteiger partial charge in [0, 0.05) is 6.42 Å². The molecule has 3 nitrogen and oxygen atoms in total. The van der Waals surface area contributed by atoms with Gasteiger partial charge in [-0.15, -0.1) is 0 Å². The maximum atomic E-state index is 12.1. The Morgan fingerprint density at radius 3 is 2.04 bits per heavy atom. The Balaban J connectivity index is 1.51. The summed E-state index contributed by atoms with van der Waals surface area (Å²) >= 11 is 0. The zero-order chi connectivity index (χ0) is 18.2. The fourth-order valence-corrected chi connectivity index (χ4v) is 2.69. The van der Waals surface area contributed by atoms with E-state index in [1.54, 1.807) is 0 Å². The third kappa shape index (κ3) is 4.96. The van der Waals surface area contributed by atoms with E-state index in [-0.39, 0.29) is 5.97 Å². The SMILES string of the molecule is CCOc1ccc(CCC(=O)Oc2ccc(-c3ccccc3)cc2)cc1. The molecule has 0 aliphatic rings. The van der Waals surface area contributed by atoms with Crippen LogP contribution in [-0.2, 0) is 11.2 Å². The smallest absolute Gasteiger partial charge is 0.311 e. The van der Waals surface area contributed by atoms with Crippen molar-refractivity contribution < 1.29 is 14.3 Å². The van der Waals surface area contributed by atoms with Gasteiger partial charge in [-0.05, 0) is 54.3 Å². The summed E-state index contributed by atoms with van der Waals surface area (Å²) in [6.07, 6.45) is 0.988. The predicted octanol–water partition coefficient (Wildman–Crippen LogP) is 5.29. The molecule has 0 radical (unpaired) electrons. The van der Waals surface area contributed by atoms with Crippen molar-refractivity contribution in [2.24, 2.45) is 0 Å². The van der Waals surface area contributed by atoms with E-state index in [0.717, 1.165) is 22.4 Å². The van der Waals surface area contributed by atoms with Gasteiger partial charge in [-0.1, -0.05) is 54.6 Å². The number of benzene rings is 3. The lowest BCUT2D eigenvalue weighted by Gasteiger charge is -2.07. The van der Waals surface area contributed by atoms with Crippen molar-refractivity contribution in [3.05, 3.63) is 84.4 Å². The normalized spacial score (nSPS) is 10.3. The van der Waals surface area contributed by atoms with E-state index >= 15 is 0 Å². The van der Waals surface area contributed by atoms with E-state index in [9.17, 15) is 4.79 Å². The van der Waals surface area contributed by atoms with Gasteiger partial charge in [-0.2, -0.15) is 0 Å². The predicted molar refractivity (Wildman–Crippen MR) is 103 cm³/mol. The van der Waals surface area contributed by atoms with Gasteiger partial charge in [0.1, 0.15) is 11.5 Å². The number of hydrogen-bond donors (Lipinski definition) is 0.